The maximum absolute atomic E-state index is 13.6. The van der Waals surface area contributed by atoms with Crippen molar-refractivity contribution >= 4 is 33.5 Å². The van der Waals surface area contributed by atoms with Crippen LogP contribution in [0.4, 0.5) is 5.69 Å². The number of benzene rings is 1. The summed E-state index contributed by atoms with van der Waals surface area (Å²) < 4.78 is 29.9. The third kappa shape index (κ3) is 9.63. The number of aliphatic imine (C=N–C) groups is 1. The van der Waals surface area contributed by atoms with Gasteiger partial charge in [-0.15, -0.1) is 0 Å². The van der Waals surface area contributed by atoms with E-state index in [9.17, 15) is 18.0 Å². The zero-order chi connectivity index (χ0) is 29.1. The number of carbonyl (C=O) groups excluding carboxylic acids is 1. The lowest BCUT2D eigenvalue weighted by molar-refractivity contribution is -0.137. The van der Waals surface area contributed by atoms with E-state index in [1.54, 1.807) is 17.0 Å². The van der Waals surface area contributed by atoms with Gasteiger partial charge in [-0.25, -0.2) is 8.42 Å². The van der Waals surface area contributed by atoms with Crippen molar-refractivity contribution in [2.24, 2.45) is 22.4 Å². The highest BCUT2D eigenvalue weighted by Gasteiger charge is 2.32. The van der Waals surface area contributed by atoms with Gasteiger partial charge in [-0.2, -0.15) is 4.72 Å². The molecule has 2 aliphatic rings. The zero-order valence-electron chi connectivity index (χ0n) is 23.5. The Labute approximate surface area is 237 Å². The first kappa shape index (κ1) is 31.6. The monoisotopic (exact) mass is 579 g/mol. The molecule has 3 rings (SSSR count). The van der Waals surface area contributed by atoms with Gasteiger partial charge in [-0.05, 0) is 56.2 Å². The molecule has 13 heteroatoms. The quantitative estimate of drug-likeness (QED) is 0.116. The van der Waals surface area contributed by atoms with Gasteiger partial charge in [0, 0.05) is 45.7 Å². The summed E-state index contributed by atoms with van der Waals surface area (Å²) >= 11 is 0. The highest BCUT2D eigenvalue weighted by atomic mass is 32.2. The van der Waals surface area contributed by atoms with E-state index in [0.717, 1.165) is 37.8 Å². The normalized spacial score (nSPS) is 18.4. The number of amides is 1. The van der Waals surface area contributed by atoms with Crippen molar-refractivity contribution in [1.82, 2.24) is 14.5 Å². The molecule has 1 aromatic carbocycles. The van der Waals surface area contributed by atoms with Gasteiger partial charge in [0.1, 0.15) is 10.9 Å². The first-order valence-electron chi connectivity index (χ1n) is 14.2. The van der Waals surface area contributed by atoms with Gasteiger partial charge in [-0.3, -0.25) is 19.5 Å². The van der Waals surface area contributed by atoms with Crippen LogP contribution in [0.2, 0.25) is 0 Å². The van der Waals surface area contributed by atoms with Gasteiger partial charge in [0.25, 0.3) is 0 Å². The van der Waals surface area contributed by atoms with Gasteiger partial charge >= 0.3 is 5.97 Å². The number of nitrogens with zero attached hydrogens (tertiary/aromatic N) is 3. The molecule has 0 radical (unpaired) electrons. The smallest absolute Gasteiger partial charge is 0.303 e. The summed E-state index contributed by atoms with van der Waals surface area (Å²) in [5, 5.41) is 12.0. The molecule has 0 saturated carbocycles. The van der Waals surface area contributed by atoms with Crippen molar-refractivity contribution in [2.45, 2.75) is 69.2 Å². The number of sulfonamides is 1. The lowest BCUT2D eigenvalue weighted by Gasteiger charge is -2.36. The second kappa shape index (κ2) is 15.2. The minimum Gasteiger partial charge on any atom is -0.481 e. The van der Waals surface area contributed by atoms with Gasteiger partial charge in [0.15, 0.2) is 5.96 Å². The zero-order valence-corrected chi connectivity index (χ0v) is 24.3. The Morgan fingerprint density at radius 1 is 1.12 bits per heavy atom. The average molecular weight is 580 g/mol. The summed E-state index contributed by atoms with van der Waals surface area (Å²) in [5.74, 6) is -0.642. The predicted octanol–water partition coefficient (Wildman–Crippen LogP) is 1.17. The van der Waals surface area contributed by atoms with Crippen molar-refractivity contribution in [1.29, 1.82) is 0 Å². The third-order valence-corrected chi connectivity index (χ3v) is 8.95. The lowest BCUT2D eigenvalue weighted by atomic mass is 9.96. The van der Waals surface area contributed by atoms with Crippen molar-refractivity contribution < 1.29 is 23.1 Å². The topological polar surface area (TPSA) is 183 Å². The van der Waals surface area contributed by atoms with Crippen molar-refractivity contribution in [3.63, 3.8) is 0 Å². The second-order valence-electron chi connectivity index (χ2n) is 10.8. The molecule has 1 amide bonds. The van der Waals surface area contributed by atoms with Crippen LogP contribution < -0.4 is 21.5 Å². The molecule has 0 bridgehead atoms. The number of hydrogen-bond donors (Lipinski definition) is 5. The Bertz CT molecular complexity index is 1130. The lowest BCUT2D eigenvalue weighted by Crippen LogP contribution is -2.55. The number of nitrogens with two attached hydrogens (primary N) is 2. The van der Waals surface area contributed by atoms with E-state index in [-0.39, 0.29) is 29.6 Å². The minimum absolute atomic E-state index is 0.0438. The fourth-order valence-corrected chi connectivity index (χ4v) is 6.71. The molecular weight excluding hydrogens is 534 g/mol. The second-order valence-corrected chi connectivity index (χ2v) is 12.5. The van der Waals surface area contributed by atoms with Gasteiger partial charge < -0.3 is 26.8 Å². The molecule has 40 heavy (non-hydrogen) atoms. The number of anilines is 1. The molecule has 224 valence electrons. The first-order chi connectivity index (χ1) is 19.1. The largest absolute Gasteiger partial charge is 0.481 e. The minimum atomic E-state index is -3.98. The van der Waals surface area contributed by atoms with Crippen LogP contribution in [0.3, 0.4) is 0 Å². The number of rotatable bonds is 15. The van der Waals surface area contributed by atoms with Crippen LogP contribution in [0, 0.1) is 5.92 Å². The van der Waals surface area contributed by atoms with Crippen molar-refractivity contribution in [3.8, 4) is 0 Å². The Hall–Kier alpha value is -2.90. The van der Waals surface area contributed by atoms with Crippen LogP contribution >= 0.6 is 0 Å². The number of guanidine groups is 1. The number of carboxylic acids is 1. The van der Waals surface area contributed by atoms with Crippen molar-refractivity contribution in [2.75, 3.05) is 51.1 Å². The number of fused-ring (bicyclic) bond motifs is 1. The van der Waals surface area contributed by atoms with E-state index in [1.807, 2.05) is 6.07 Å². The average Bonchev–Trinajstić information content (AvgIpc) is 2.91. The maximum atomic E-state index is 13.6. The van der Waals surface area contributed by atoms with E-state index in [2.05, 4.69) is 26.9 Å². The number of para-hydroxylation sites is 1. The number of carboxylic acid groups (broad SMARTS) is 1. The summed E-state index contributed by atoms with van der Waals surface area (Å²) in [5.41, 5.74) is 12.4. The number of nitrogens with one attached hydrogen (secondary N) is 2. The van der Waals surface area contributed by atoms with E-state index in [0.29, 0.717) is 63.7 Å². The molecule has 1 aromatic rings. The molecule has 0 spiro atoms. The number of aliphatic carboxylic acids is 1. The molecule has 1 saturated heterocycles. The fraction of sp³-hybridized carbons (Fsp3) is 0.667. The molecule has 1 fully saturated rings. The molecule has 2 heterocycles. The Balaban J connectivity index is 1.61. The van der Waals surface area contributed by atoms with Crippen LogP contribution in [-0.2, 0) is 26.0 Å². The summed E-state index contributed by atoms with van der Waals surface area (Å²) in [4.78, 5) is 32.4. The van der Waals surface area contributed by atoms with Gasteiger partial charge in [0.05, 0.1) is 5.69 Å². The number of piperazine rings is 1. The molecular formula is C27H45N7O5S. The summed E-state index contributed by atoms with van der Waals surface area (Å²) in [7, 11) is -3.98. The summed E-state index contributed by atoms with van der Waals surface area (Å²) in [6, 6.07) is 4.32. The van der Waals surface area contributed by atoms with E-state index < -0.39 is 22.0 Å². The molecule has 0 aliphatic carbocycles. The van der Waals surface area contributed by atoms with E-state index in [1.165, 1.54) is 0 Å². The highest BCUT2D eigenvalue weighted by Crippen LogP contribution is 2.31. The molecule has 7 N–H and O–H groups in total. The van der Waals surface area contributed by atoms with Crippen molar-refractivity contribution in [3.05, 3.63) is 23.8 Å². The molecule has 2 aliphatic heterocycles. The highest BCUT2D eigenvalue weighted by molar-refractivity contribution is 7.89. The van der Waals surface area contributed by atoms with Crippen LogP contribution in [0.1, 0.15) is 57.4 Å². The number of hydrogen-bond acceptors (Lipinski definition) is 7. The predicted molar refractivity (Wildman–Crippen MR) is 156 cm³/mol. The molecule has 0 aromatic heterocycles. The standard InChI is InChI=1S/C27H45N7O5S/c1-20-18-21-8-6-10-23(25(21)31-19-20)40(38,39)32-22(9-7-12-30-27(28)29)26(37)34-16-14-33(15-17-34)13-5-3-2-4-11-24(35)36/h6,8,10,20,22,31-32H,2-5,7,9,11-19H2,1H3,(H,35,36)(H4,28,29,30)/t20?,22-/m0/s1. The summed E-state index contributed by atoms with van der Waals surface area (Å²) in [6.45, 7) is 6.46. The van der Waals surface area contributed by atoms with E-state index >= 15 is 0 Å². The molecule has 1 unspecified atom stereocenters. The molecule has 2 atom stereocenters. The Morgan fingerprint density at radius 2 is 1.85 bits per heavy atom. The summed E-state index contributed by atoms with van der Waals surface area (Å²) in [6.07, 6.45) is 5.26. The van der Waals surface area contributed by atoms with Crippen LogP contribution in [0.15, 0.2) is 28.1 Å². The van der Waals surface area contributed by atoms with Crippen LogP contribution in [0.25, 0.3) is 0 Å². The fourth-order valence-electron chi connectivity index (χ4n) is 5.26. The first-order valence-corrected chi connectivity index (χ1v) is 15.7. The third-order valence-electron chi connectivity index (χ3n) is 7.44. The Kier molecular flexibility index (Phi) is 12.0. The maximum Gasteiger partial charge on any atom is 0.303 e. The van der Waals surface area contributed by atoms with Crippen LogP contribution in [-0.4, -0.2) is 93.0 Å². The number of unbranched alkanes of at least 4 members (excludes halogenated alkanes) is 3. The van der Waals surface area contributed by atoms with Crippen LogP contribution in [0.5, 0.6) is 0 Å². The van der Waals surface area contributed by atoms with E-state index in [4.69, 9.17) is 16.6 Å². The number of carbonyl (C=O) groups is 2. The molecule has 12 nitrogen and oxygen atoms in total. The SMILES string of the molecule is CC1CNc2c(cccc2S(=O)(=O)N[C@@H](CCCN=C(N)N)C(=O)N2CCN(CCCCCCC(=O)O)CC2)C1. The van der Waals surface area contributed by atoms with Gasteiger partial charge in [0.2, 0.25) is 15.9 Å². The Morgan fingerprint density at radius 3 is 2.55 bits per heavy atom. The van der Waals surface area contributed by atoms with Gasteiger partial charge in [-0.1, -0.05) is 31.9 Å².